The molecule has 0 saturated carbocycles. The molecule has 0 nitrogen and oxygen atoms in total. The van der Waals surface area contributed by atoms with Crippen LogP contribution in [0.2, 0.25) is 0 Å². The van der Waals surface area contributed by atoms with Crippen molar-refractivity contribution in [1.82, 2.24) is 0 Å². The van der Waals surface area contributed by atoms with Crippen molar-refractivity contribution in [1.29, 1.82) is 0 Å². The van der Waals surface area contributed by atoms with Gasteiger partial charge in [-0.2, -0.15) is 0 Å². The maximum absolute atomic E-state index is 0. The minimum absolute atomic E-state index is 0. The van der Waals surface area contributed by atoms with Gasteiger partial charge < -0.3 is 144 Å². The third-order valence-electron chi connectivity index (χ3n) is 0. The minimum atomic E-state index is 0. The van der Waals surface area contributed by atoms with Crippen molar-refractivity contribution in [3.63, 3.8) is 0 Å². The van der Waals surface area contributed by atoms with Crippen LogP contribution in [-0.4, -0.2) is 0 Å². The molecule has 0 heterocycles. The SMILES string of the molecule is [I-].[I-].[I-].[I-].[I-].[I-].[K+].[K+].[K+].[K+].[K+].[K+]. The average Bonchev–Trinajstić information content (AvgIpc) is 0. The van der Waals surface area contributed by atoms with Gasteiger partial charge in [0, 0.05) is 0 Å². The standard InChI is InChI=1S/6HI.6K/h6*1H;;;;;;/q;;;;;;6*+1/p-6. The second-order valence-electron chi connectivity index (χ2n) is 0. The van der Waals surface area contributed by atoms with Crippen LogP contribution in [0.25, 0.3) is 0 Å². The summed E-state index contributed by atoms with van der Waals surface area (Å²) in [5, 5.41) is 0. The van der Waals surface area contributed by atoms with Crippen molar-refractivity contribution in [2.24, 2.45) is 0 Å². The largest absolute Gasteiger partial charge is 1.00 e. The Morgan fingerprint density at radius 1 is 0.167 bits per heavy atom. The fourth-order valence-corrected chi connectivity index (χ4v) is 0. The molecule has 48 valence electrons. The molecule has 0 N–H and O–H groups in total. The van der Waals surface area contributed by atoms with E-state index in [1.54, 1.807) is 0 Å². The summed E-state index contributed by atoms with van der Waals surface area (Å²) in [6.07, 6.45) is 0. The van der Waals surface area contributed by atoms with Crippen LogP contribution in [0.15, 0.2) is 0 Å². The first kappa shape index (κ1) is 82.5. The van der Waals surface area contributed by atoms with E-state index in [0.717, 1.165) is 0 Å². The van der Waals surface area contributed by atoms with E-state index in [2.05, 4.69) is 0 Å². The number of halogens is 6. The van der Waals surface area contributed by atoms with E-state index in [0.29, 0.717) is 0 Å². The molecule has 0 aromatic heterocycles. The second-order valence-corrected chi connectivity index (χ2v) is 0. The van der Waals surface area contributed by atoms with Gasteiger partial charge in [0.25, 0.3) is 0 Å². The van der Waals surface area contributed by atoms with Crippen molar-refractivity contribution >= 4 is 0 Å². The molecular weight excluding hydrogens is 996 g/mol. The molecule has 0 aromatic carbocycles. The first-order chi connectivity index (χ1) is 0. The van der Waals surface area contributed by atoms with Gasteiger partial charge in [0.1, 0.15) is 0 Å². The molecule has 0 rings (SSSR count). The van der Waals surface area contributed by atoms with Crippen LogP contribution < -0.4 is 452 Å². The zero-order valence-corrected chi connectivity index (χ0v) is 40.0. The predicted molar refractivity (Wildman–Crippen MR) is 0 cm³/mol. The Kier molecular flexibility index (Phi) is 503. The number of hydrogen-bond donors (Lipinski definition) is 0. The summed E-state index contributed by atoms with van der Waals surface area (Å²) in [4.78, 5) is 0. The number of hydrogen-bond acceptors (Lipinski definition) is 0. The zero-order chi connectivity index (χ0) is 0. The molecule has 0 aliphatic rings. The third kappa shape index (κ3) is 64.6. The molecule has 12 heteroatoms. The molecule has 0 radical (unpaired) electrons. The Labute approximate surface area is 434 Å². The Morgan fingerprint density at radius 3 is 0.167 bits per heavy atom. The van der Waals surface area contributed by atoms with Gasteiger partial charge in [-0.1, -0.05) is 0 Å². The van der Waals surface area contributed by atoms with Crippen molar-refractivity contribution in [2.75, 3.05) is 0 Å². The van der Waals surface area contributed by atoms with Gasteiger partial charge in [0.2, 0.25) is 0 Å². The van der Waals surface area contributed by atoms with E-state index >= 15 is 0 Å². The normalized spacial score (nSPS) is 0. The third-order valence-corrected chi connectivity index (χ3v) is 0. The molecular formula is I6K6. The molecule has 0 unspecified atom stereocenters. The second kappa shape index (κ2) is 73.2. The zero-order valence-electron chi connectivity index (χ0n) is 8.27. The molecule has 0 aromatic rings. The molecule has 0 atom stereocenters. The first-order valence-corrected chi connectivity index (χ1v) is 0. The maximum atomic E-state index is 0. The Morgan fingerprint density at radius 2 is 0.167 bits per heavy atom. The van der Waals surface area contributed by atoms with Gasteiger partial charge in [-0.15, -0.1) is 0 Å². The van der Waals surface area contributed by atoms with Gasteiger partial charge in [-0.05, 0) is 0 Å². The monoisotopic (exact) mass is 995 g/mol. The van der Waals surface area contributed by atoms with Gasteiger partial charge in [-0.25, -0.2) is 0 Å². The van der Waals surface area contributed by atoms with E-state index in [-0.39, 0.29) is 452 Å². The van der Waals surface area contributed by atoms with E-state index in [9.17, 15) is 0 Å². The van der Waals surface area contributed by atoms with Crippen molar-refractivity contribution in [3.8, 4) is 0 Å². The Balaban J connectivity index is 0. The van der Waals surface area contributed by atoms with Gasteiger partial charge in [0.05, 0.1) is 0 Å². The fourth-order valence-electron chi connectivity index (χ4n) is 0. The van der Waals surface area contributed by atoms with E-state index in [4.69, 9.17) is 0 Å². The molecule has 0 aliphatic carbocycles. The summed E-state index contributed by atoms with van der Waals surface area (Å²) in [7, 11) is 0. The Bertz CT molecular complexity index is 12.0. The quantitative estimate of drug-likeness (QED) is 0.168. The van der Waals surface area contributed by atoms with E-state index in [1.807, 2.05) is 0 Å². The smallest absolute Gasteiger partial charge is 1.00 e. The van der Waals surface area contributed by atoms with Gasteiger partial charge in [0.15, 0.2) is 0 Å². The van der Waals surface area contributed by atoms with Crippen molar-refractivity contribution < 1.29 is 452 Å². The maximum Gasteiger partial charge on any atom is 1.00 e. The Hall–Kier alpha value is 14.2. The van der Waals surface area contributed by atoms with Gasteiger partial charge >= 0.3 is 308 Å². The summed E-state index contributed by atoms with van der Waals surface area (Å²) in [5.41, 5.74) is 0. The molecule has 0 spiro atoms. The summed E-state index contributed by atoms with van der Waals surface area (Å²) >= 11 is 0. The number of rotatable bonds is 0. The molecule has 0 amide bonds. The van der Waals surface area contributed by atoms with Crippen LogP contribution in [0.1, 0.15) is 0 Å². The minimum Gasteiger partial charge on any atom is -1.00 e. The first-order valence-electron chi connectivity index (χ1n) is 0. The summed E-state index contributed by atoms with van der Waals surface area (Å²) in [5.74, 6) is 0. The van der Waals surface area contributed by atoms with Gasteiger partial charge in [-0.3, -0.25) is 0 Å². The van der Waals surface area contributed by atoms with Crippen LogP contribution in [-0.2, 0) is 0 Å². The summed E-state index contributed by atoms with van der Waals surface area (Å²) in [6, 6.07) is 0. The molecule has 0 saturated heterocycles. The van der Waals surface area contributed by atoms with Crippen molar-refractivity contribution in [3.05, 3.63) is 0 Å². The molecule has 0 bridgehead atoms. The topological polar surface area (TPSA) is 0 Å². The van der Waals surface area contributed by atoms with Crippen LogP contribution in [0, 0.1) is 0 Å². The summed E-state index contributed by atoms with van der Waals surface area (Å²) < 4.78 is 0. The van der Waals surface area contributed by atoms with Crippen molar-refractivity contribution in [2.45, 2.75) is 0 Å². The molecule has 12 heavy (non-hydrogen) atoms. The van der Waals surface area contributed by atoms with Crippen LogP contribution in [0.3, 0.4) is 0 Å². The average molecular weight is 996 g/mol. The van der Waals surface area contributed by atoms with Crippen LogP contribution in [0.4, 0.5) is 0 Å². The van der Waals surface area contributed by atoms with Crippen LogP contribution in [0.5, 0.6) is 0 Å². The van der Waals surface area contributed by atoms with E-state index < -0.39 is 0 Å². The van der Waals surface area contributed by atoms with Crippen LogP contribution >= 0.6 is 0 Å². The van der Waals surface area contributed by atoms with E-state index in [1.165, 1.54) is 0 Å². The fraction of sp³-hybridized carbons (Fsp3) is 0. The summed E-state index contributed by atoms with van der Waals surface area (Å²) in [6.45, 7) is 0. The molecule has 0 fully saturated rings. The predicted octanol–water partition coefficient (Wildman–Crippen LogP) is -36.0. The molecule has 0 aliphatic heterocycles.